The Kier molecular flexibility index (Phi) is 6.31. The summed E-state index contributed by atoms with van der Waals surface area (Å²) in [5.74, 6) is 0.668. The molecule has 2 aromatic rings. The quantitative estimate of drug-likeness (QED) is 0.759. The van der Waals surface area contributed by atoms with Gasteiger partial charge in [0.2, 0.25) is 0 Å². The molecule has 2 aliphatic rings. The second-order valence-electron chi connectivity index (χ2n) is 8.22. The zero-order chi connectivity index (χ0) is 20.9. The Morgan fingerprint density at radius 3 is 2.27 bits per heavy atom. The van der Waals surface area contributed by atoms with E-state index in [1.165, 1.54) is 29.8 Å². The van der Waals surface area contributed by atoms with Gasteiger partial charge in [0.15, 0.2) is 6.61 Å². The van der Waals surface area contributed by atoms with Crippen molar-refractivity contribution < 1.29 is 18.7 Å². The number of rotatable bonds is 7. The van der Waals surface area contributed by atoms with Crippen LogP contribution >= 0.6 is 0 Å². The summed E-state index contributed by atoms with van der Waals surface area (Å²) in [6.45, 7) is 1.41. The van der Waals surface area contributed by atoms with Crippen molar-refractivity contribution in [1.82, 2.24) is 10.2 Å². The maximum absolute atomic E-state index is 12.9. The number of carbonyl (C=O) groups excluding carboxylic acids is 2. The minimum Gasteiger partial charge on any atom is -0.484 e. The first-order chi connectivity index (χ1) is 14.6. The molecule has 6 heteroatoms. The molecule has 1 saturated heterocycles. The fourth-order valence-corrected chi connectivity index (χ4v) is 3.78. The molecule has 2 amide bonds. The lowest BCUT2D eigenvalue weighted by molar-refractivity contribution is -0.134. The molecular formula is C24H27FN2O3. The highest BCUT2D eigenvalue weighted by Gasteiger charge is 2.25. The number of carbonyl (C=O) groups is 2. The van der Waals surface area contributed by atoms with Crippen LogP contribution in [0.25, 0.3) is 0 Å². The number of nitrogens with one attached hydrogen (secondary N) is 1. The van der Waals surface area contributed by atoms with Crippen LogP contribution in [0.1, 0.15) is 41.6 Å². The van der Waals surface area contributed by atoms with E-state index in [4.69, 9.17) is 4.74 Å². The van der Waals surface area contributed by atoms with Crippen molar-refractivity contribution >= 4 is 11.8 Å². The van der Waals surface area contributed by atoms with Gasteiger partial charge in [-0.3, -0.25) is 9.59 Å². The van der Waals surface area contributed by atoms with Crippen molar-refractivity contribution in [2.75, 3.05) is 19.7 Å². The fraction of sp³-hybridized carbons (Fsp3) is 0.417. The number of hydrogen-bond acceptors (Lipinski definition) is 3. The van der Waals surface area contributed by atoms with Crippen LogP contribution in [0.4, 0.5) is 4.39 Å². The highest BCUT2D eigenvalue weighted by atomic mass is 19.1. The molecular weight excluding hydrogens is 383 g/mol. The molecule has 0 bridgehead atoms. The molecule has 2 aromatic carbocycles. The first-order valence-electron chi connectivity index (χ1n) is 10.6. The van der Waals surface area contributed by atoms with Crippen LogP contribution in [0.5, 0.6) is 5.75 Å². The van der Waals surface area contributed by atoms with E-state index < -0.39 is 0 Å². The molecule has 1 heterocycles. The van der Waals surface area contributed by atoms with Gasteiger partial charge in [-0.1, -0.05) is 12.1 Å². The third-order valence-electron chi connectivity index (χ3n) is 5.80. The standard InChI is InChI=1S/C24H27FN2O3/c25-20-5-9-22(10-6-20)30-16-23(28)27-13-11-18(12-14-27)15-17-1-3-19(4-2-17)24(29)26-21-7-8-21/h1-6,9-10,18,21H,7-8,11-16H2,(H,26,29). The lowest BCUT2D eigenvalue weighted by Gasteiger charge is -2.32. The van der Waals surface area contributed by atoms with Gasteiger partial charge in [0.25, 0.3) is 11.8 Å². The summed E-state index contributed by atoms with van der Waals surface area (Å²) in [5.41, 5.74) is 1.94. The van der Waals surface area contributed by atoms with Gasteiger partial charge in [0, 0.05) is 24.7 Å². The van der Waals surface area contributed by atoms with Gasteiger partial charge in [-0.15, -0.1) is 0 Å². The molecule has 1 aliphatic heterocycles. The molecule has 5 nitrogen and oxygen atoms in total. The predicted octanol–water partition coefficient (Wildman–Crippen LogP) is 3.58. The number of amides is 2. The minimum atomic E-state index is -0.327. The summed E-state index contributed by atoms with van der Waals surface area (Å²) < 4.78 is 18.4. The van der Waals surface area contributed by atoms with Gasteiger partial charge in [0.1, 0.15) is 11.6 Å². The third-order valence-corrected chi connectivity index (χ3v) is 5.80. The van der Waals surface area contributed by atoms with Crippen LogP contribution in [-0.4, -0.2) is 42.5 Å². The Hall–Kier alpha value is -2.89. The molecule has 0 atom stereocenters. The second kappa shape index (κ2) is 9.28. The van der Waals surface area contributed by atoms with Crippen LogP contribution in [0, 0.1) is 11.7 Å². The average Bonchev–Trinajstić information content (AvgIpc) is 3.58. The van der Waals surface area contributed by atoms with E-state index in [9.17, 15) is 14.0 Å². The van der Waals surface area contributed by atoms with E-state index >= 15 is 0 Å². The number of hydrogen-bond donors (Lipinski definition) is 1. The summed E-state index contributed by atoms with van der Waals surface area (Å²) in [6, 6.07) is 13.9. The summed E-state index contributed by atoms with van der Waals surface area (Å²) in [5, 5.41) is 3.01. The third kappa shape index (κ3) is 5.59. The molecule has 1 saturated carbocycles. The van der Waals surface area contributed by atoms with E-state index in [0.717, 1.165) is 45.2 Å². The van der Waals surface area contributed by atoms with Crippen LogP contribution < -0.4 is 10.1 Å². The smallest absolute Gasteiger partial charge is 0.260 e. The predicted molar refractivity (Wildman–Crippen MR) is 112 cm³/mol. The van der Waals surface area contributed by atoms with E-state index in [1.54, 1.807) is 0 Å². The largest absolute Gasteiger partial charge is 0.484 e. The van der Waals surface area contributed by atoms with Gasteiger partial charge < -0.3 is 15.0 Å². The first-order valence-corrected chi connectivity index (χ1v) is 10.6. The molecule has 0 aromatic heterocycles. The van der Waals surface area contributed by atoms with E-state index in [-0.39, 0.29) is 24.2 Å². The molecule has 0 radical (unpaired) electrons. The fourth-order valence-electron chi connectivity index (χ4n) is 3.78. The molecule has 158 valence electrons. The zero-order valence-electron chi connectivity index (χ0n) is 17.0. The Morgan fingerprint density at radius 2 is 1.63 bits per heavy atom. The van der Waals surface area contributed by atoms with Crippen molar-refractivity contribution in [3.05, 3.63) is 65.5 Å². The molecule has 2 fully saturated rings. The maximum atomic E-state index is 12.9. The highest BCUT2D eigenvalue weighted by molar-refractivity contribution is 5.94. The van der Waals surface area contributed by atoms with Gasteiger partial charge in [-0.25, -0.2) is 4.39 Å². The molecule has 0 spiro atoms. The number of benzene rings is 2. The minimum absolute atomic E-state index is 0.0127. The van der Waals surface area contributed by atoms with Gasteiger partial charge in [-0.05, 0) is 80.0 Å². The van der Waals surface area contributed by atoms with Gasteiger partial charge in [0.05, 0.1) is 0 Å². The SMILES string of the molecule is O=C(NC1CC1)c1ccc(CC2CCN(C(=O)COc3ccc(F)cc3)CC2)cc1. The normalized spacial score (nSPS) is 16.9. The van der Waals surface area contributed by atoms with E-state index in [0.29, 0.717) is 23.3 Å². The monoisotopic (exact) mass is 410 g/mol. The van der Waals surface area contributed by atoms with Crippen molar-refractivity contribution in [2.45, 2.75) is 38.1 Å². The lowest BCUT2D eigenvalue weighted by Crippen LogP contribution is -2.41. The second-order valence-corrected chi connectivity index (χ2v) is 8.22. The van der Waals surface area contributed by atoms with Crippen molar-refractivity contribution in [1.29, 1.82) is 0 Å². The van der Waals surface area contributed by atoms with Crippen LogP contribution in [0.15, 0.2) is 48.5 Å². The van der Waals surface area contributed by atoms with Crippen LogP contribution in [0.2, 0.25) is 0 Å². The first kappa shape index (κ1) is 20.4. The van der Waals surface area contributed by atoms with Gasteiger partial charge in [-0.2, -0.15) is 0 Å². The number of piperidine rings is 1. The Bertz CT molecular complexity index is 870. The molecule has 1 aliphatic carbocycles. The number of halogens is 1. The van der Waals surface area contributed by atoms with Crippen LogP contribution in [0.3, 0.4) is 0 Å². The van der Waals surface area contributed by atoms with Crippen molar-refractivity contribution in [2.24, 2.45) is 5.92 Å². The van der Waals surface area contributed by atoms with Gasteiger partial charge >= 0.3 is 0 Å². The van der Waals surface area contributed by atoms with Crippen molar-refractivity contribution in [3.63, 3.8) is 0 Å². The summed E-state index contributed by atoms with van der Waals surface area (Å²) in [6.07, 6.45) is 5.03. The number of likely N-dealkylation sites (tertiary alicyclic amines) is 1. The Labute approximate surface area is 176 Å². The summed E-state index contributed by atoms with van der Waals surface area (Å²) in [7, 11) is 0. The van der Waals surface area contributed by atoms with E-state index in [2.05, 4.69) is 5.32 Å². The molecule has 1 N–H and O–H groups in total. The topological polar surface area (TPSA) is 58.6 Å². The number of nitrogens with zero attached hydrogens (tertiary/aromatic N) is 1. The Morgan fingerprint density at radius 1 is 0.967 bits per heavy atom. The summed E-state index contributed by atoms with van der Waals surface area (Å²) in [4.78, 5) is 26.3. The zero-order valence-corrected chi connectivity index (χ0v) is 17.0. The maximum Gasteiger partial charge on any atom is 0.260 e. The molecule has 4 rings (SSSR count). The van der Waals surface area contributed by atoms with Crippen molar-refractivity contribution in [3.8, 4) is 5.75 Å². The Balaban J connectivity index is 1.19. The summed E-state index contributed by atoms with van der Waals surface area (Å²) >= 11 is 0. The lowest BCUT2D eigenvalue weighted by atomic mass is 9.90. The average molecular weight is 410 g/mol. The highest BCUT2D eigenvalue weighted by Crippen LogP contribution is 2.23. The van der Waals surface area contributed by atoms with Crippen LogP contribution in [-0.2, 0) is 11.2 Å². The van der Waals surface area contributed by atoms with E-state index in [1.807, 2.05) is 29.2 Å². The molecule has 30 heavy (non-hydrogen) atoms. The molecule has 0 unspecified atom stereocenters. The number of ether oxygens (including phenoxy) is 1.